The van der Waals surface area contributed by atoms with Gasteiger partial charge in [-0.2, -0.15) is 0 Å². The van der Waals surface area contributed by atoms with Crippen molar-refractivity contribution >= 4 is 17.0 Å². The van der Waals surface area contributed by atoms with Gasteiger partial charge in [0.1, 0.15) is 11.5 Å². The molecule has 26 heavy (non-hydrogen) atoms. The van der Waals surface area contributed by atoms with Crippen molar-refractivity contribution in [2.75, 3.05) is 7.05 Å². The Bertz CT molecular complexity index is 1050. The van der Waals surface area contributed by atoms with E-state index in [0.29, 0.717) is 39.6 Å². The van der Waals surface area contributed by atoms with Gasteiger partial charge in [0.25, 0.3) is 11.6 Å². The summed E-state index contributed by atoms with van der Waals surface area (Å²) in [4.78, 5) is 19.3. The van der Waals surface area contributed by atoms with Crippen LogP contribution in [0.5, 0.6) is 0 Å². The molecule has 7 nitrogen and oxygen atoms in total. The normalized spacial score (nSPS) is 12.4. The molecule has 1 unspecified atom stereocenters. The first-order valence-electron chi connectivity index (χ1n) is 8.17. The number of carbonyl (C=O) groups is 1. The van der Waals surface area contributed by atoms with Gasteiger partial charge in [0.15, 0.2) is 5.76 Å². The average Bonchev–Trinajstić information content (AvgIpc) is 3.41. The molecular weight excluding hydrogens is 334 g/mol. The SMILES string of the molecule is Cc1noc2nc(-c3ccco3)cc(C(=O)N(C)C(C)c3ccco3)c12. The molecule has 0 aliphatic carbocycles. The monoisotopic (exact) mass is 351 g/mol. The van der Waals surface area contributed by atoms with Gasteiger partial charge in [-0.15, -0.1) is 0 Å². The number of amides is 1. The van der Waals surface area contributed by atoms with E-state index in [-0.39, 0.29) is 11.9 Å². The first-order chi connectivity index (χ1) is 12.6. The van der Waals surface area contributed by atoms with Gasteiger partial charge in [-0.1, -0.05) is 5.16 Å². The highest BCUT2D eigenvalue weighted by molar-refractivity contribution is 6.06. The maximum atomic E-state index is 13.2. The summed E-state index contributed by atoms with van der Waals surface area (Å²) >= 11 is 0. The zero-order valence-corrected chi connectivity index (χ0v) is 14.6. The Morgan fingerprint density at radius 1 is 1.19 bits per heavy atom. The van der Waals surface area contributed by atoms with E-state index in [9.17, 15) is 4.79 Å². The van der Waals surface area contributed by atoms with E-state index in [2.05, 4.69) is 10.1 Å². The van der Waals surface area contributed by atoms with Crippen LogP contribution >= 0.6 is 0 Å². The molecule has 0 spiro atoms. The topological polar surface area (TPSA) is 85.5 Å². The molecule has 4 aromatic heterocycles. The summed E-state index contributed by atoms with van der Waals surface area (Å²) in [7, 11) is 1.73. The molecule has 1 atom stereocenters. The van der Waals surface area contributed by atoms with Crippen LogP contribution in [-0.4, -0.2) is 28.0 Å². The van der Waals surface area contributed by atoms with Crippen LogP contribution in [0.4, 0.5) is 0 Å². The van der Waals surface area contributed by atoms with Crippen molar-refractivity contribution in [3.05, 3.63) is 59.9 Å². The van der Waals surface area contributed by atoms with Crippen LogP contribution < -0.4 is 0 Å². The number of furan rings is 2. The molecule has 0 N–H and O–H groups in total. The molecule has 0 aliphatic rings. The summed E-state index contributed by atoms with van der Waals surface area (Å²) in [6.07, 6.45) is 3.15. The number of carbonyl (C=O) groups excluding carboxylic acids is 1. The minimum atomic E-state index is -0.229. The summed E-state index contributed by atoms with van der Waals surface area (Å²) in [6.45, 7) is 3.69. The van der Waals surface area contributed by atoms with Gasteiger partial charge in [-0.05, 0) is 44.2 Å². The minimum Gasteiger partial charge on any atom is -0.467 e. The van der Waals surface area contributed by atoms with Crippen LogP contribution in [0.15, 0.2) is 56.2 Å². The molecule has 0 fully saturated rings. The van der Waals surface area contributed by atoms with Crippen molar-refractivity contribution < 1.29 is 18.2 Å². The number of fused-ring (bicyclic) bond motifs is 1. The lowest BCUT2D eigenvalue weighted by molar-refractivity contribution is 0.0728. The van der Waals surface area contributed by atoms with Gasteiger partial charge in [0, 0.05) is 7.05 Å². The van der Waals surface area contributed by atoms with E-state index in [4.69, 9.17) is 13.4 Å². The maximum Gasteiger partial charge on any atom is 0.259 e. The summed E-state index contributed by atoms with van der Waals surface area (Å²) in [5, 5.41) is 4.56. The fourth-order valence-corrected chi connectivity index (χ4v) is 2.90. The van der Waals surface area contributed by atoms with Crippen molar-refractivity contribution in [2.24, 2.45) is 0 Å². The van der Waals surface area contributed by atoms with Crippen molar-refractivity contribution in [2.45, 2.75) is 19.9 Å². The lowest BCUT2D eigenvalue weighted by atomic mass is 10.1. The van der Waals surface area contributed by atoms with E-state index in [1.165, 1.54) is 0 Å². The summed E-state index contributed by atoms with van der Waals surface area (Å²) in [5.74, 6) is 1.08. The second-order valence-corrected chi connectivity index (χ2v) is 6.09. The fraction of sp³-hybridized carbons (Fsp3) is 0.211. The molecule has 0 saturated heterocycles. The number of pyridine rings is 1. The molecule has 4 aromatic rings. The van der Waals surface area contributed by atoms with E-state index in [1.54, 1.807) is 55.7 Å². The number of rotatable bonds is 4. The molecule has 0 bridgehead atoms. The number of nitrogens with zero attached hydrogens (tertiary/aromatic N) is 3. The van der Waals surface area contributed by atoms with Gasteiger partial charge in [-0.25, -0.2) is 4.98 Å². The zero-order valence-electron chi connectivity index (χ0n) is 14.6. The van der Waals surface area contributed by atoms with Gasteiger partial charge < -0.3 is 18.3 Å². The highest BCUT2D eigenvalue weighted by atomic mass is 16.5. The molecular formula is C19H17N3O4. The first kappa shape index (κ1) is 16.1. The molecule has 1 amide bonds. The molecule has 4 rings (SSSR count). The van der Waals surface area contributed by atoms with Crippen molar-refractivity contribution in [1.82, 2.24) is 15.0 Å². The molecule has 0 saturated carbocycles. The predicted octanol–water partition coefficient (Wildman–Crippen LogP) is 4.22. The summed E-state index contributed by atoms with van der Waals surface area (Å²) < 4.78 is 16.1. The Kier molecular flexibility index (Phi) is 3.84. The second-order valence-electron chi connectivity index (χ2n) is 6.09. The van der Waals surface area contributed by atoms with Gasteiger partial charge in [0.05, 0.1) is 35.2 Å². The quantitative estimate of drug-likeness (QED) is 0.547. The summed E-state index contributed by atoms with van der Waals surface area (Å²) in [6, 6.07) is 8.66. The molecule has 132 valence electrons. The predicted molar refractivity (Wildman–Crippen MR) is 93.5 cm³/mol. The molecule has 0 radical (unpaired) electrons. The number of aryl methyl sites for hydroxylation is 1. The van der Waals surface area contributed by atoms with Crippen LogP contribution in [-0.2, 0) is 0 Å². The third kappa shape index (κ3) is 2.57. The van der Waals surface area contributed by atoms with E-state index >= 15 is 0 Å². The largest absolute Gasteiger partial charge is 0.467 e. The van der Waals surface area contributed by atoms with Crippen LogP contribution in [0.25, 0.3) is 22.6 Å². The Hall–Kier alpha value is -3.35. The number of hydrogen-bond acceptors (Lipinski definition) is 6. The Balaban J connectivity index is 1.81. The number of aromatic nitrogens is 2. The van der Waals surface area contributed by atoms with E-state index in [1.807, 2.05) is 13.0 Å². The molecule has 7 heteroatoms. The Morgan fingerprint density at radius 3 is 2.65 bits per heavy atom. The average molecular weight is 351 g/mol. The molecule has 0 aromatic carbocycles. The van der Waals surface area contributed by atoms with E-state index in [0.717, 1.165) is 0 Å². The zero-order chi connectivity index (χ0) is 18.3. The molecule has 4 heterocycles. The Labute approximate surface area is 149 Å². The highest BCUT2D eigenvalue weighted by Crippen LogP contribution is 2.30. The van der Waals surface area contributed by atoms with E-state index < -0.39 is 0 Å². The maximum absolute atomic E-state index is 13.2. The lowest BCUT2D eigenvalue weighted by Crippen LogP contribution is -2.29. The fourth-order valence-electron chi connectivity index (χ4n) is 2.90. The van der Waals surface area contributed by atoms with Crippen molar-refractivity contribution in [3.63, 3.8) is 0 Å². The second kappa shape index (κ2) is 6.18. The van der Waals surface area contributed by atoms with Crippen LogP contribution in [0.2, 0.25) is 0 Å². The van der Waals surface area contributed by atoms with Gasteiger partial charge in [0.2, 0.25) is 0 Å². The highest BCUT2D eigenvalue weighted by Gasteiger charge is 2.26. The first-order valence-corrected chi connectivity index (χ1v) is 8.17. The van der Waals surface area contributed by atoms with Gasteiger partial charge >= 0.3 is 0 Å². The third-order valence-electron chi connectivity index (χ3n) is 4.48. The van der Waals surface area contributed by atoms with Crippen LogP contribution in [0, 0.1) is 6.92 Å². The minimum absolute atomic E-state index is 0.180. The standard InChI is InChI=1S/C19H17N3O4/c1-11-17-13(19(23)22(3)12(2)15-6-4-8-24-15)10-14(16-7-5-9-25-16)20-18(17)26-21-11/h4-10,12H,1-3H3. The third-order valence-corrected chi connectivity index (χ3v) is 4.48. The van der Waals surface area contributed by atoms with Gasteiger partial charge in [-0.3, -0.25) is 4.79 Å². The molecule has 0 aliphatic heterocycles. The smallest absolute Gasteiger partial charge is 0.259 e. The lowest BCUT2D eigenvalue weighted by Gasteiger charge is -2.23. The van der Waals surface area contributed by atoms with Crippen LogP contribution in [0.1, 0.15) is 34.8 Å². The summed E-state index contributed by atoms with van der Waals surface area (Å²) in [5.41, 5.74) is 1.89. The number of hydrogen-bond donors (Lipinski definition) is 0. The van der Waals surface area contributed by atoms with Crippen LogP contribution in [0.3, 0.4) is 0 Å². The van der Waals surface area contributed by atoms with Crippen molar-refractivity contribution in [1.29, 1.82) is 0 Å². The Morgan fingerprint density at radius 2 is 1.96 bits per heavy atom. The van der Waals surface area contributed by atoms with Crippen molar-refractivity contribution in [3.8, 4) is 11.5 Å².